The first-order valence-electron chi connectivity index (χ1n) is 12.1. The van der Waals surface area contributed by atoms with Crippen molar-refractivity contribution in [2.75, 3.05) is 6.61 Å². The quantitative estimate of drug-likeness (QED) is 0.280. The highest BCUT2D eigenvalue weighted by Gasteiger charge is 2.28. The maximum absolute atomic E-state index is 11.9. The topological polar surface area (TPSA) is 63.3 Å². The van der Waals surface area contributed by atoms with E-state index in [0.29, 0.717) is 12.3 Å². The predicted molar refractivity (Wildman–Crippen MR) is 143 cm³/mol. The van der Waals surface area contributed by atoms with Gasteiger partial charge in [-0.3, -0.25) is 4.79 Å². The summed E-state index contributed by atoms with van der Waals surface area (Å²) in [6.07, 6.45) is 5.69. The van der Waals surface area contributed by atoms with E-state index in [1.807, 2.05) is 19.9 Å². The molecule has 180 valence electrons. The number of nitrogens with zero attached hydrogens (tertiary/aromatic N) is 1. The predicted octanol–water partition coefficient (Wildman–Crippen LogP) is 7.11. The molecule has 0 bridgehead atoms. The number of oxazole rings is 1. The molecule has 0 spiro atoms. The first-order valence-corrected chi connectivity index (χ1v) is 12.1. The molecule has 4 nitrogen and oxygen atoms in total. The first kappa shape index (κ1) is 24.6. The van der Waals surface area contributed by atoms with Gasteiger partial charge in [-0.2, -0.15) is 0 Å². The number of benzene rings is 3. The summed E-state index contributed by atoms with van der Waals surface area (Å²) in [5, 5.41) is 9.69. The first-order chi connectivity index (χ1) is 16.7. The summed E-state index contributed by atoms with van der Waals surface area (Å²) in [7, 11) is 0. The van der Waals surface area contributed by atoms with Crippen LogP contribution in [0.25, 0.3) is 34.4 Å². The number of ketones is 1. The molecule has 0 unspecified atom stereocenters. The average Bonchev–Trinajstić information content (AvgIpc) is 3.22. The van der Waals surface area contributed by atoms with Gasteiger partial charge in [0.2, 0.25) is 0 Å². The molecule has 3 aromatic carbocycles. The van der Waals surface area contributed by atoms with Gasteiger partial charge in [-0.25, -0.2) is 4.98 Å². The molecular weight excluding hydrogens is 434 g/mol. The Hall–Kier alpha value is -3.50. The third-order valence-corrected chi connectivity index (χ3v) is 7.13. The van der Waals surface area contributed by atoms with Crippen LogP contribution in [0.4, 0.5) is 0 Å². The van der Waals surface area contributed by atoms with E-state index in [0.717, 1.165) is 39.8 Å². The molecule has 35 heavy (non-hydrogen) atoms. The van der Waals surface area contributed by atoms with Crippen molar-refractivity contribution in [2.24, 2.45) is 5.41 Å². The standard InChI is InChI=1S/C31H33NO3/c1-20-9-10-24(15-16-31(5,19-33)22(3)34)17-26(20)12-11-25-7-6-8-28(21(25)2)27-13-14-29-30(18-27)35-23(4)32-29/h6-14,17-18,33H,15-16,19H2,1-5H3/b12-11+/t31-/m0/s1. The molecule has 0 amide bonds. The molecule has 1 aromatic heterocycles. The maximum Gasteiger partial charge on any atom is 0.192 e. The molecule has 1 N–H and O–H groups in total. The number of carbonyl (C=O) groups is 1. The Morgan fingerprint density at radius 3 is 2.54 bits per heavy atom. The zero-order chi connectivity index (χ0) is 25.2. The second-order valence-electron chi connectivity index (χ2n) is 9.73. The fraction of sp³-hybridized carbons (Fsp3) is 0.290. The zero-order valence-corrected chi connectivity index (χ0v) is 21.2. The number of Topliss-reactive ketones (excluding diaryl/α,β-unsaturated/α-hetero) is 1. The van der Waals surface area contributed by atoms with E-state index >= 15 is 0 Å². The van der Waals surface area contributed by atoms with Gasteiger partial charge in [-0.05, 0) is 84.7 Å². The third kappa shape index (κ3) is 5.28. The van der Waals surface area contributed by atoms with Crippen LogP contribution >= 0.6 is 0 Å². The molecule has 4 aromatic rings. The molecule has 0 fully saturated rings. The largest absolute Gasteiger partial charge is 0.441 e. The van der Waals surface area contributed by atoms with Crippen LogP contribution in [0.2, 0.25) is 0 Å². The van der Waals surface area contributed by atoms with Crippen molar-refractivity contribution in [3.63, 3.8) is 0 Å². The van der Waals surface area contributed by atoms with Crippen LogP contribution in [0, 0.1) is 26.2 Å². The highest BCUT2D eigenvalue weighted by molar-refractivity contribution is 5.84. The van der Waals surface area contributed by atoms with Gasteiger partial charge < -0.3 is 9.52 Å². The minimum Gasteiger partial charge on any atom is -0.441 e. The number of hydrogen-bond acceptors (Lipinski definition) is 4. The van der Waals surface area contributed by atoms with Crippen LogP contribution in [-0.2, 0) is 11.2 Å². The second kappa shape index (κ2) is 10.0. The van der Waals surface area contributed by atoms with Crippen molar-refractivity contribution < 1.29 is 14.3 Å². The minimum absolute atomic E-state index is 0.0279. The molecule has 4 heteroatoms. The minimum atomic E-state index is -0.689. The summed E-state index contributed by atoms with van der Waals surface area (Å²) in [6.45, 7) is 9.38. The van der Waals surface area contributed by atoms with Crippen molar-refractivity contribution in [1.82, 2.24) is 4.98 Å². The van der Waals surface area contributed by atoms with Gasteiger partial charge in [-0.1, -0.05) is 61.5 Å². The van der Waals surface area contributed by atoms with Gasteiger partial charge in [-0.15, -0.1) is 0 Å². The lowest BCUT2D eigenvalue weighted by Gasteiger charge is -2.24. The van der Waals surface area contributed by atoms with Crippen molar-refractivity contribution in [3.05, 3.63) is 88.3 Å². The highest BCUT2D eigenvalue weighted by Crippen LogP contribution is 2.30. The van der Waals surface area contributed by atoms with Crippen LogP contribution in [0.1, 0.15) is 54.0 Å². The lowest BCUT2D eigenvalue weighted by molar-refractivity contribution is -0.128. The Morgan fingerprint density at radius 1 is 1.03 bits per heavy atom. The molecule has 4 rings (SSSR count). The Morgan fingerprint density at radius 2 is 1.80 bits per heavy atom. The average molecular weight is 468 g/mol. The maximum atomic E-state index is 11.9. The zero-order valence-electron chi connectivity index (χ0n) is 21.2. The van der Waals surface area contributed by atoms with Crippen molar-refractivity contribution in [1.29, 1.82) is 0 Å². The monoisotopic (exact) mass is 467 g/mol. The molecule has 0 saturated heterocycles. The van der Waals surface area contributed by atoms with Gasteiger partial charge in [0.25, 0.3) is 0 Å². The third-order valence-electron chi connectivity index (χ3n) is 7.13. The summed E-state index contributed by atoms with van der Waals surface area (Å²) in [6, 6.07) is 18.9. The molecule has 0 saturated carbocycles. The summed E-state index contributed by atoms with van der Waals surface area (Å²) < 4.78 is 5.73. The molecule has 0 aliphatic carbocycles. The van der Waals surface area contributed by atoms with Gasteiger partial charge in [0.1, 0.15) is 11.3 Å². The number of aromatic nitrogens is 1. The second-order valence-corrected chi connectivity index (χ2v) is 9.73. The van der Waals surface area contributed by atoms with Gasteiger partial charge >= 0.3 is 0 Å². The Kier molecular flexibility index (Phi) is 7.04. The Balaban J connectivity index is 1.59. The van der Waals surface area contributed by atoms with E-state index in [1.54, 1.807) is 6.92 Å². The van der Waals surface area contributed by atoms with Crippen LogP contribution in [-0.4, -0.2) is 22.5 Å². The summed E-state index contributed by atoms with van der Waals surface area (Å²) in [5.41, 5.74) is 9.13. The molecular formula is C31H33NO3. The van der Waals surface area contributed by atoms with E-state index in [2.05, 4.69) is 79.5 Å². The highest BCUT2D eigenvalue weighted by atomic mass is 16.3. The molecule has 0 aliphatic heterocycles. The van der Waals surface area contributed by atoms with Crippen LogP contribution in [0.5, 0.6) is 0 Å². The van der Waals surface area contributed by atoms with Gasteiger partial charge in [0.15, 0.2) is 11.5 Å². The van der Waals surface area contributed by atoms with Crippen LogP contribution < -0.4 is 0 Å². The summed E-state index contributed by atoms with van der Waals surface area (Å²) in [5.74, 6) is 0.700. The number of hydrogen-bond donors (Lipinski definition) is 1. The normalized spacial score (nSPS) is 13.4. The van der Waals surface area contributed by atoms with Crippen molar-refractivity contribution in [3.8, 4) is 11.1 Å². The van der Waals surface area contributed by atoms with E-state index < -0.39 is 5.41 Å². The molecule has 0 aliphatic rings. The fourth-order valence-electron chi connectivity index (χ4n) is 4.35. The van der Waals surface area contributed by atoms with E-state index in [1.165, 1.54) is 16.7 Å². The molecule has 0 radical (unpaired) electrons. The van der Waals surface area contributed by atoms with E-state index in [9.17, 15) is 9.90 Å². The Bertz CT molecular complexity index is 1410. The number of aliphatic hydroxyl groups is 1. The van der Waals surface area contributed by atoms with Crippen molar-refractivity contribution in [2.45, 2.75) is 47.5 Å². The fourth-order valence-corrected chi connectivity index (χ4v) is 4.35. The Labute approximate surface area is 207 Å². The van der Waals surface area contributed by atoms with Gasteiger partial charge in [0.05, 0.1) is 6.61 Å². The van der Waals surface area contributed by atoms with Crippen molar-refractivity contribution >= 4 is 29.0 Å². The number of aryl methyl sites for hydroxylation is 3. The van der Waals surface area contributed by atoms with E-state index in [4.69, 9.17) is 4.42 Å². The number of rotatable bonds is 8. The van der Waals surface area contributed by atoms with Crippen LogP contribution in [0.15, 0.2) is 59.0 Å². The van der Waals surface area contributed by atoms with E-state index in [-0.39, 0.29) is 12.4 Å². The number of fused-ring (bicyclic) bond motifs is 1. The molecule has 1 atom stereocenters. The smallest absolute Gasteiger partial charge is 0.192 e. The van der Waals surface area contributed by atoms with Gasteiger partial charge in [0, 0.05) is 12.3 Å². The number of aliphatic hydroxyl groups excluding tert-OH is 1. The molecule has 1 heterocycles. The summed E-state index contributed by atoms with van der Waals surface area (Å²) >= 11 is 0. The SMILES string of the molecule is CC(=O)[C@](C)(CO)CCc1ccc(C)c(/C=C/c2cccc(-c3ccc4nc(C)oc4c3)c2C)c1. The number of carbonyl (C=O) groups excluding carboxylic acids is 1. The van der Waals surface area contributed by atoms with Crippen LogP contribution in [0.3, 0.4) is 0 Å². The summed E-state index contributed by atoms with van der Waals surface area (Å²) in [4.78, 5) is 16.3. The lowest BCUT2D eigenvalue weighted by atomic mass is 9.81. The lowest BCUT2D eigenvalue weighted by Crippen LogP contribution is -2.30.